The van der Waals surface area contributed by atoms with Crippen molar-refractivity contribution in [1.29, 1.82) is 0 Å². The summed E-state index contributed by atoms with van der Waals surface area (Å²) in [7, 11) is 1.46. The van der Waals surface area contributed by atoms with Crippen LogP contribution in [0.15, 0.2) is 24.3 Å². The van der Waals surface area contributed by atoms with Gasteiger partial charge in [-0.3, -0.25) is 9.59 Å². The predicted octanol–water partition coefficient (Wildman–Crippen LogP) is 0.604. The average Bonchev–Trinajstić information content (AvgIpc) is 2.42. The van der Waals surface area contributed by atoms with E-state index in [0.29, 0.717) is 11.3 Å². The first-order valence-electron chi connectivity index (χ1n) is 5.85. The number of hydrogen-bond acceptors (Lipinski definition) is 4. The van der Waals surface area contributed by atoms with Crippen molar-refractivity contribution in [1.82, 2.24) is 4.90 Å². The molecule has 19 heavy (non-hydrogen) atoms. The Morgan fingerprint density at radius 2 is 1.95 bits per heavy atom. The maximum absolute atomic E-state index is 12.3. The molecule has 0 atom stereocenters. The molecule has 0 radical (unpaired) electrons. The van der Waals surface area contributed by atoms with Gasteiger partial charge in [0.05, 0.1) is 25.7 Å². The maximum Gasteiger partial charge on any atom is 0.305 e. The first kappa shape index (κ1) is 15.0. The Kier molecular flexibility index (Phi) is 5.81. The molecule has 1 aromatic carbocycles. The average molecular weight is 267 g/mol. The lowest BCUT2D eigenvalue weighted by molar-refractivity contribution is -0.137. The van der Waals surface area contributed by atoms with Crippen LogP contribution in [0.4, 0.5) is 0 Å². The minimum Gasteiger partial charge on any atom is -0.496 e. The summed E-state index contributed by atoms with van der Waals surface area (Å²) in [4.78, 5) is 24.1. The van der Waals surface area contributed by atoms with Gasteiger partial charge in [-0.25, -0.2) is 0 Å². The Morgan fingerprint density at radius 3 is 2.53 bits per heavy atom. The molecule has 0 saturated heterocycles. The fourth-order valence-electron chi connectivity index (χ4n) is 1.66. The van der Waals surface area contributed by atoms with Crippen molar-refractivity contribution in [2.45, 2.75) is 6.42 Å². The van der Waals surface area contributed by atoms with Gasteiger partial charge in [0.2, 0.25) is 0 Å². The van der Waals surface area contributed by atoms with Crippen molar-refractivity contribution in [3.05, 3.63) is 29.8 Å². The third kappa shape index (κ3) is 4.26. The molecule has 2 N–H and O–H groups in total. The zero-order chi connectivity index (χ0) is 14.3. The van der Waals surface area contributed by atoms with E-state index >= 15 is 0 Å². The molecule has 0 spiro atoms. The van der Waals surface area contributed by atoms with Gasteiger partial charge < -0.3 is 19.8 Å². The van der Waals surface area contributed by atoms with Crippen LogP contribution in [-0.4, -0.2) is 53.8 Å². The Labute approximate surface area is 111 Å². The first-order chi connectivity index (χ1) is 9.10. The number of carboxylic acid groups (broad SMARTS) is 1. The largest absolute Gasteiger partial charge is 0.496 e. The molecule has 0 aliphatic carbocycles. The van der Waals surface area contributed by atoms with Crippen molar-refractivity contribution < 1.29 is 24.5 Å². The van der Waals surface area contributed by atoms with Gasteiger partial charge in [-0.2, -0.15) is 0 Å². The molecule has 0 heterocycles. The van der Waals surface area contributed by atoms with Gasteiger partial charge in [0.1, 0.15) is 5.75 Å². The molecule has 0 aromatic heterocycles. The molecule has 1 rings (SSSR count). The van der Waals surface area contributed by atoms with Crippen molar-refractivity contribution in [2.75, 3.05) is 26.8 Å². The SMILES string of the molecule is COc1ccccc1C(=O)N(CCO)CCC(=O)O. The Balaban J connectivity index is 2.88. The number of methoxy groups -OCH3 is 1. The number of aliphatic hydroxyl groups excluding tert-OH is 1. The topological polar surface area (TPSA) is 87.1 Å². The van der Waals surface area contributed by atoms with Crippen LogP contribution in [0.2, 0.25) is 0 Å². The lowest BCUT2D eigenvalue weighted by atomic mass is 10.1. The van der Waals surface area contributed by atoms with Crippen LogP contribution >= 0.6 is 0 Å². The number of benzene rings is 1. The highest BCUT2D eigenvalue weighted by molar-refractivity contribution is 5.97. The van der Waals surface area contributed by atoms with Crippen LogP contribution < -0.4 is 4.74 Å². The fraction of sp³-hybridized carbons (Fsp3) is 0.385. The minimum absolute atomic E-state index is 0.0484. The molecule has 104 valence electrons. The molecule has 0 aliphatic heterocycles. The van der Waals surface area contributed by atoms with Crippen molar-refractivity contribution in [3.8, 4) is 5.75 Å². The van der Waals surface area contributed by atoms with Gasteiger partial charge in [-0.05, 0) is 12.1 Å². The van der Waals surface area contributed by atoms with Crippen molar-refractivity contribution in [3.63, 3.8) is 0 Å². The van der Waals surface area contributed by atoms with Crippen LogP contribution in [-0.2, 0) is 4.79 Å². The van der Waals surface area contributed by atoms with Gasteiger partial charge in [-0.15, -0.1) is 0 Å². The van der Waals surface area contributed by atoms with Crippen LogP contribution in [0.3, 0.4) is 0 Å². The molecular weight excluding hydrogens is 250 g/mol. The van der Waals surface area contributed by atoms with E-state index in [-0.39, 0.29) is 32.0 Å². The highest BCUT2D eigenvalue weighted by Gasteiger charge is 2.19. The lowest BCUT2D eigenvalue weighted by Crippen LogP contribution is -2.35. The number of rotatable bonds is 7. The summed E-state index contributed by atoms with van der Waals surface area (Å²) in [6.45, 7) is -0.0859. The van der Waals surface area contributed by atoms with E-state index in [1.165, 1.54) is 12.0 Å². The number of para-hydroxylation sites is 1. The summed E-state index contributed by atoms with van der Waals surface area (Å²) in [5.41, 5.74) is 0.351. The van der Waals surface area contributed by atoms with Crippen LogP contribution in [0, 0.1) is 0 Å². The monoisotopic (exact) mass is 267 g/mol. The smallest absolute Gasteiger partial charge is 0.305 e. The van der Waals surface area contributed by atoms with Gasteiger partial charge in [0.25, 0.3) is 5.91 Å². The molecule has 0 unspecified atom stereocenters. The molecule has 1 aromatic rings. The molecular formula is C13H17NO5. The zero-order valence-corrected chi connectivity index (χ0v) is 10.7. The van der Waals surface area contributed by atoms with Gasteiger partial charge in [0.15, 0.2) is 0 Å². The van der Waals surface area contributed by atoms with E-state index in [1.807, 2.05) is 0 Å². The molecule has 6 nitrogen and oxygen atoms in total. The molecule has 0 aliphatic rings. The Morgan fingerprint density at radius 1 is 1.26 bits per heavy atom. The fourth-order valence-corrected chi connectivity index (χ4v) is 1.66. The Bertz CT molecular complexity index is 446. The third-order valence-electron chi connectivity index (χ3n) is 2.59. The number of carbonyl (C=O) groups is 2. The van der Waals surface area contributed by atoms with Gasteiger partial charge in [0, 0.05) is 13.1 Å². The summed E-state index contributed by atoms with van der Waals surface area (Å²) < 4.78 is 5.09. The number of carboxylic acids is 1. The van der Waals surface area contributed by atoms with E-state index in [4.69, 9.17) is 14.9 Å². The number of hydrogen-bond donors (Lipinski definition) is 2. The van der Waals surface area contributed by atoms with Crippen molar-refractivity contribution in [2.24, 2.45) is 0 Å². The first-order valence-corrected chi connectivity index (χ1v) is 5.85. The number of amides is 1. The molecule has 0 bridgehead atoms. The third-order valence-corrected chi connectivity index (χ3v) is 2.59. The van der Waals surface area contributed by atoms with Crippen LogP contribution in [0.25, 0.3) is 0 Å². The summed E-state index contributed by atoms with van der Waals surface area (Å²) in [5.74, 6) is -0.922. The quantitative estimate of drug-likeness (QED) is 0.755. The molecule has 1 amide bonds. The molecule has 0 fully saturated rings. The summed E-state index contributed by atoms with van der Waals surface area (Å²) in [6.07, 6.45) is -0.166. The number of ether oxygens (including phenoxy) is 1. The summed E-state index contributed by atoms with van der Waals surface area (Å²) >= 11 is 0. The number of nitrogens with zero attached hydrogens (tertiary/aromatic N) is 1. The highest BCUT2D eigenvalue weighted by Crippen LogP contribution is 2.19. The second-order valence-electron chi connectivity index (χ2n) is 3.86. The lowest BCUT2D eigenvalue weighted by Gasteiger charge is -2.21. The molecule has 6 heteroatoms. The minimum atomic E-state index is -0.990. The van der Waals surface area contributed by atoms with Crippen LogP contribution in [0.5, 0.6) is 5.75 Å². The number of carbonyl (C=O) groups excluding carboxylic acids is 1. The molecule has 0 saturated carbocycles. The van der Waals surface area contributed by atoms with E-state index in [2.05, 4.69) is 0 Å². The Hall–Kier alpha value is -2.08. The number of aliphatic hydroxyl groups is 1. The van der Waals surface area contributed by atoms with Gasteiger partial charge >= 0.3 is 5.97 Å². The number of aliphatic carboxylic acids is 1. The van der Waals surface area contributed by atoms with E-state index in [0.717, 1.165) is 0 Å². The zero-order valence-electron chi connectivity index (χ0n) is 10.7. The van der Waals surface area contributed by atoms with Gasteiger partial charge in [-0.1, -0.05) is 12.1 Å². The highest BCUT2D eigenvalue weighted by atomic mass is 16.5. The van der Waals surface area contributed by atoms with Crippen molar-refractivity contribution >= 4 is 11.9 Å². The van der Waals surface area contributed by atoms with E-state index < -0.39 is 5.97 Å². The van der Waals surface area contributed by atoms with E-state index in [9.17, 15) is 9.59 Å². The predicted molar refractivity (Wildman–Crippen MR) is 68.2 cm³/mol. The summed E-state index contributed by atoms with van der Waals surface area (Å²) in [6, 6.07) is 6.70. The summed E-state index contributed by atoms with van der Waals surface area (Å²) in [5, 5.41) is 17.6. The second-order valence-corrected chi connectivity index (χ2v) is 3.86. The van der Waals surface area contributed by atoms with E-state index in [1.54, 1.807) is 24.3 Å². The maximum atomic E-state index is 12.3. The second kappa shape index (κ2) is 7.38. The normalized spacial score (nSPS) is 10.0. The van der Waals surface area contributed by atoms with Crippen LogP contribution in [0.1, 0.15) is 16.8 Å². The standard InChI is InChI=1S/C13H17NO5/c1-19-11-5-3-2-4-10(11)13(18)14(8-9-15)7-6-12(16)17/h2-5,15H,6-9H2,1H3,(H,16,17).